The first kappa shape index (κ1) is 22.6. The molecular formula is C21H20F2N2O2S2. The number of thiol groups is 1. The van der Waals surface area contributed by atoms with Gasteiger partial charge in [0.05, 0.1) is 12.7 Å². The fourth-order valence-corrected chi connectivity index (χ4v) is 3.24. The molecule has 152 valence electrons. The molecule has 0 aliphatic rings. The number of methoxy groups -OCH3 is 1. The second-order valence-electron chi connectivity index (χ2n) is 5.86. The molecular weight excluding hydrogens is 414 g/mol. The molecule has 0 amide bonds. The van der Waals surface area contributed by atoms with Crippen molar-refractivity contribution in [2.75, 3.05) is 18.6 Å². The monoisotopic (exact) mass is 434 g/mol. The Balaban J connectivity index is 0.000000278. The Morgan fingerprint density at radius 1 is 0.966 bits per heavy atom. The first-order valence-corrected chi connectivity index (χ1v) is 9.82. The van der Waals surface area contributed by atoms with Crippen LogP contribution in [-0.4, -0.2) is 13.1 Å². The average Bonchev–Trinajstić information content (AvgIpc) is 2.70. The summed E-state index contributed by atoms with van der Waals surface area (Å²) in [5, 5.41) is 0. The molecule has 4 nitrogen and oxygen atoms in total. The molecule has 3 aromatic carbocycles. The third kappa shape index (κ3) is 6.99. The predicted octanol–water partition coefficient (Wildman–Crippen LogP) is 5.18. The number of benzene rings is 3. The fraction of sp³-hybridized carbons (Fsp3) is 0.0952. The van der Waals surface area contributed by atoms with Crippen LogP contribution in [0.2, 0.25) is 0 Å². The molecule has 0 heterocycles. The van der Waals surface area contributed by atoms with Crippen LogP contribution in [0.5, 0.6) is 0 Å². The maximum Gasteiger partial charge on any atom is 0.337 e. The predicted molar refractivity (Wildman–Crippen MR) is 116 cm³/mol. The number of nitrogen functional groups attached to an aromatic ring is 2. The van der Waals surface area contributed by atoms with Crippen LogP contribution >= 0.6 is 24.4 Å². The normalized spacial score (nSPS) is 10.1. The van der Waals surface area contributed by atoms with Crippen LogP contribution in [0.15, 0.2) is 70.5 Å². The van der Waals surface area contributed by atoms with Crippen molar-refractivity contribution in [1.82, 2.24) is 0 Å². The molecule has 3 rings (SSSR count). The topological polar surface area (TPSA) is 78.3 Å². The van der Waals surface area contributed by atoms with Gasteiger partial charge in [-0.15, -0.1) is 24.4 Å². The Labute approximate surface area is 177 Å². The van der Waals surface area contributed by atoms with E-state index in [1.807, 2.05) is 12.1 Å². The van der Waals surface area contributed by atoms with Gasteiger partial charge in [0.1, 0.15) is 11.6 Å². The molecule has 0 saturated heterocycles. The van der Waals surface area contributed by atoms with Gasteiger partial charge in [-0.25, -0.2) is 13.6 Å². The van der Waals surface area contributed by atoms with Crippen LogP contribution < -0.4 is 11.5 Å². The van der Waals surface area contributed by atoms with E-state index in [0.717, 1.165) is 10.5 Å². The van der Waals surface area contributed by atoms with Crippen LogP contribution in [0.3, 0.4) is 0 Å². The summed E-state index contributed by atoms with van der Waals surface area (Å²) in [6, 6.07) is 15.6. The van der Waals surface area contributed by atoms with Crippen LogP contribution in [-0.2, 0) is 10.5 Å². The van der Waals surface area contributed by atoms with E-state index < -0.39 is 0 Å². The number of rotatable bonds is 4. The highest BCUT2D eigenvalue weighted by atomic mass is 32.2. The van der Waals surface area contributed by atoms with Gasteiger partial charge in [0, 0.05) is 26.9 Å². The highest BCUT2D eigenvalue weighted by molar-refractivity contribution is 7.98. The second kappa shape index (κ2) is 10.7. The van der Waals surface area contributed by atoms with Gasteiger partial charge >= 0.3 is 5.97 Å². The summed E-state index contributed by atoms with van der Waals surface area (Å²) >= 11 is 5.47. The van der Waals surface area contributed by atoms with E-state index in [2.05, 4.69) is 17.4 Å². The molecule has 0 aliphatic carbocycles. The van der Waals surface area contributed by atoms with E-state index in [-0.39, 0.29) is 17.6 Å². The number of carbonyl (C=O) groups is 1. The van der Waals surface area contributed by atoms with Gasteiger partial charge in [-0.05, 0) is 54.1 Å². The first-order chi connectivity index (χ1) is 13.8. The maximum absolute atomic E-state index is 12.9. The lowest BCUT2D eigenvalue weighted by atomic mass is 10.1. The van der Waals surface area contributed by atoms with Crippen LogP contribution in [0.25, 0.3) is 0 Å². The number of hydrogen-bond acceptors (Lipinski definition) is 6. The Morgan fingerprint density at radius 2 is 1.55 bits per heavy atom. The minimum Gasteiger partial charge on any atom is -0.465 e. The Morgan fingerprint density at radius 3 is 2.07 bits per heavy atom. The number of ether oxygens (including phenoxy) is 1. The number of thioether (sulfide) groups is 1. The van der Waals surface area contributed by atoms with Gasteiger partial charge in [0.2, 0.25) is 0 Å². The summed E-state index contributed by atoms with van der Waals surface area (Å²) in [7, 11) is 1.35. The van der Waals surface area contributed by atoms with E-state index >= 15 is 0 Å². The van der Waals surface area contributed by atoms with Gasteiger partial charge in [0.25, 0.3) is 0 Å². The van der Waals surface area contributed by atoms with E-state index in [1.165, 1.54) is 49.2 Å². The molecule has 0 bridgehead atoms. The zero-order valence-corrected chi connectivity index (χ0v) is 17.3. The van der Waals surface area contributed by atoms with Crippen molar-refractivity contribution >= 4 is 41.7 Å². The molecule has 3 aromatic rings. The second-order valence-corrected chi connectivity index (χ2v) is 7.36. The van der Waals surface area contributed by atoms with E-state index in [1.54, 1.807) is 18.2 Å². The fourth-order valence-electron chi connectivity index (χ4n) is 2.19. The highest BCUT2D eigenvalue weighted by Gasteiger charge is 2.06. The molecule has 8 heteroatoms. The summed E-state index contributed by atoms with van der Waals surface area (Å²) < 4.78 is 29.8. The van der Waals surface area contributed by atoms with Gasteiger partial charge in [-0.2, -0.15) is 0 Å². The summed E-state index contributed by atoms with van der Waals surface area (Å²) in [6.07, 6.45) is 0. The lowest BCUT2D eigenvalue weighted by Crippen LogP contribution is -2.00. The number of anilines is 2. The van der Waals surface area contributed by atoms with Crippen LogP contribution in [0, 0.1) is 11.6 Å². The highest BCUT2D eigenvalue weighted by Crippen LogP contribution is 2.28. The minimum absolute atomic E-state index is 0.328. The third-order valence-electron chi connectivity index (χ3n) is 3.73. The summed E-state index contributed by atoms with van der Waals surface area (Å²) in [5.74, 6) is -0.330. The number of esters is 1. The Hall–Kier alpha value is -2.71. The number of hydrogen-bond donors (Lipinski definition) is 3. The lowest BCUT2D eigenvalue weighted by molar-refractivity contribution is 0.0600. The molecule has 0 spiro atoms. The molecule has 0 aliphatic heterocycles. The molecule has 0 radical (unpaired) electrons. The van der Waals surface area contributed by atoms with Crippen LogP contribution in [0.1, 0.15) is 15.9 Å². The SMILES string of the molecule is COC(=O)c1ccc(CSc2ccc(F)cc2N)cc1.Nc1cc(F)ccc1S. The van der Waals surface area contributed by atoms with Crippen molar-refractivity contribution in [3.63, 3.8) is 0 Å². The van der Waals surface area contributed by atoms with Gasteiger partial charge < -0.3 is 16.2 Å². The van der Waals surface area contributed by atoms with E-state index in [9.17, 15) is 13.6 Å². The average molecular weight is 435 g/mol. The van der Waals surface area contributed by atoms with E-state index in [4.69, 9.17) is 11.5 Å². The minimum atomic E-state index is -0.355. The first-order valence-electron chi connectivity index (χ1n) is 8.39. The summed E-state index contributed by atoms with van der Waals surface area (Å²) in [5.41, 5.74) is 13.4. The van der Waals surface area contributed by atoms with Crippen LogP contribution in [0.4, 0.5) is 20.2 Å². The van der Waals surface area contributed by atoms with Crippen molar-refractivity contribution < 1.29 is 18.3 Å². The van der Waals surface area contributed by atoms with Crippen molar-refractivity contribution in [1.29, 1.82) is 0 Å². The van der Waals surface area contributed by atoms with Crippen molar-refractivity contribution in [2.45, 2.75) is 15.5 Å². The maximum atomic E-state index is 12.9. The van der Waals surface area contributed by atoms with Gasteiger partial charge in [-0.1, -0.05) is 12.1 Å². The molecule has 4 N–H and O–H groups in total. The smallest absolute Gasteiger partial charge is 0.337 e. The molecule has 0 atom stereocenters. The largest absolute Gasteiger partial charge is 0.465 e. The number of nitrogens with two attached hydrogens (primary N) is 2. The number of halogens is 2. The number of carbonyl (C=O) groups excluding carboxylic acids is 1. The zero-order valence-electron chi connectivity index (χ0n) is 15.6. The van der Waals surface area contributed by atoms with Crippen molar-refractivity contribution in [3.05, 3.63) is 83.4 Å². The molecule has 0 aromatic heterocycles. The standard InChI is InChI=1S/C15H14FNO2S.C6H6FNS/c1-19-15(18)11-4-2-10(3-5-11)9-20-14-7-6-12(16)8-13(14)17;7-4-1-2-6(9)5(8)3-4/h2-8H,9,17H2,1H3;1-3,9H,8H2. The third-order valence-corrected chi connectivity index (χ3v) is 5.30. The molecule has 29 heavy (non-hydrogen) atoms. The molecule has 0 unspecified atom stereocenters. The quantitative estimate of drug-likeness (QED) is 0.228. The lowest BCUT2D eigenvalue weighted by Gasteiger charge is -2.06. The van der Waals surface area contributed by atoms with E-state index in [0.29, 0.717) is 27.6 Å². The molecule has 0 saturated carbocycles. The van der Waals surface area contributed by atoms with Gasteiger partial charge in [-0.3, -0.25) is 0 Å². The van der Waals surface area contributed by atoms with Crippen molar-refractivity contribution in [2.24, 2.45) is 0 Å². The summed E-state index contributed by atoms with van der Waals surface area (Å²) in [6.45, 7) is 0. The zero-order chi connectivity index (χ0) is 21.4. The Bertz CT molecular complexity index is 983. The van der Waals surface area contributed by atoms with Crippen molar-refractivity contribution in [3.8, 4) is 0 Å². The Kier molecular flexibility index (Phi) is 8.35. The van der Waals surface area contributed by atoms with Gasteiger partial charge in [0.15, 0.2) is 0 Å². The molecule has 0 fully saturated rings. The summed E-state index contributed by atoms with van der Waals surface area (Å²) in [4.78, 5) is 12.7.